The molecule has 40 heavy (non-hydrogen) atoms. The maximum absolute atomic E-state index is 13.9. The van der Waals surface area contributed by atoms with E-state index in [-0.39, 0.29) is 25.0 Å². The lowest BCUT2D eigenvalue weighted by Gasteiger charge is -2.37. The molecule has 4 heterocycles. The number of para-hydroxylation sites is 1. The molecule has 0 radical (unpaired) electrons. The second-order valence-electron chi connectivity index (χ2n) is 10.8. The van der Waals surface area contributed by atoms with E-state index in [9.17, 15) is 9.59 Å². The van der Waals surface area contributed by atoms with E-state index in [1.165, 1.54) is 0 Å². The van der Waals surface area contributed by atoms with Crippen molar-refractivity contribution in [3.05, 3.63) is 64.8 Å². The number of amides is 2. The Balaban J connectivity index is 1.35. The summed E-state index contributed by atoms with van der Waals surface area (Å²) in [5.41, 5.74) is 6.62. The highest BCUT2D eigenvalue weighted by Gasteiger charge is 2.34. The van der Waals surface area contributed by atoms with Gasteiger partial charge >= 0.3 is 12.0 Å². The Morgan fingerprint density at radius 2 is 1.70 bits per heavy atom. The van der Waals surface area contributed by atoms with Crippen LogP contribution < -0.4 is 20.0 Å². The van der Waals surface area contributed by atoms with Crippen LogP contribution in [0.3, 0.4) is 0 Å². The number of nitrogens with zero attached hydrogens (tertiary/aromatic N) is 6. The Bertz CT molecular complexity index is 1430. The van der Waals surface area contributed by atoms with E-state index in [4.69, 9.17) is 9.72 Å². The van der Waals surface area contributed by atoms with Crippen molar-refractivity contribution in [2.45, 2.75) is 39.8 Å². The smallest absolute Gasteiger partial charge is 0.330 e. The summed E-state index contributed by atoms with van der Waals surface area (Å²) in [4.78, 5) is 44.2. The topological polar surface area (TPSA) is 94.1 Å². The van der Waals surface area contributed by atoms with Crippen molar-refractivity contribution in [1.29, 1.82) is 0 Å². The van der Waals surface area contributed by atoms with Gasteiger partial charge in [0, 0.05) is 67.8 Å². The van der Waals surface area contributed by atoms with Gasteiger partial charge in [-0.2, -0.15) is 4.98 Å². The molecule has 10 nitrogen and oxygen atoms in total. The van der Waals surface area contributed by atoms with Crippen molar-refractivity contribution in [3.8, 4) is 0 Å². The van der Waals surface area contributed by atoms with Gasteiger partial charge in [-0.05, 0) is 56.6 Å². The quantitative estimate of drug-likeness (QED) is 0.478. The van der Waals surface area contributed by atoms with Crippen LogP contribution in [0.2, 0.25) is 0 Å². The number of hydrogen-bond acceptors (Lipinski definition) is 8. The summed E-state index contributed by atoms with van der Waals surface area (Å²) in [5.74, 6) is 0.716. The van der Waals surface area contributed by atoms with E-state index < -0.39 is 0 Å². The fourth-order valence-electron chi connectivity index (χ4n) is 5.76. The number of hydrogen-bond donors (Lipinski definition) is 1. The van der Waals surface area contributed by atoms with Gasteiger partial charge in [0.1, 0.15) is 12.4 Å². The highest BCUT2D eigenvalue weighted by atomic mass is 16.5. The lowest BCUT2D eigenvalue weighted by atomic mass is 10.1. The van der Waals surface area contributed by atoms with Crippen LogP contribution in [0.4, 0.5) is 33.6 Å². The van der Waals surface area contributed by atoms with Gasteiger partial charge in [-0.25, -0.2) is 9.78 Å². The third-order valence-electron chi connectivity index (χ3n) is 7.93. The molecule has 1 N–H and O–H groups in total. The minimum Gasteiger partial charge on any atom is -0.461 e. The molecule has 0 atom stereocenters. The van der Waals surface area contributed by atoms with Crippen LogP contribution in [0.1, 0.15) is 35.1 Å². The standard InChI is InChI=1S/C30H35N7O3/c1-20-6-4-7-21(2)27(20)37-18-23-17-31-29-32-24-9-10-25(35-14-12-34(3)13-15-35)22(16-24)19-40-26(38)8-5-11-36(30(37)39)28(23)33-29/h4,6-7,9-10,16-17H,5,8,11-15,18-19H2,1-3H3,(H,31,32,33). The Hall–Kier alpha value is -4.18. The minimum absolute atomic E-state index is 0.158. The summed E-state index contributed by atoms with van der Waals surface area (Å²) in [6.07, 6.45) is 2.47. The number of urea groups is 1. The van der Waals surface area contributed by atoms with Gasteiger partial charge in [-0.1, -0.05) is 18.2 Å². The van der Waals surface area contributed by atoms with E-state index in [0.29, 0.717) is 31.3 Å². The van der Waals surface area contributed by atoms with Gasteiger partial charge < -0.3 is 19.9 Å². The molecule has 3 aliphatic heterocycles. The fourth-order valence-corrected chi connectivity index (χ4v) is 5.76. The number of carbonyl (C=O) groups is 2. The summed E-state index contributed by atoms with van der Waals surface area (Å²) in [6, 6.07) is 11.9. The molecule has 6 rings (SSSR count). The number of benzene rings is 2. The highest BCUT2D eigenvalue weighted by Crippen LogP contribution is 2.35. The molecule has 0 unspecified atom stereocenters. The summed E-state index contributed by atoms with van der Waals surface area (Å²) in [5, 5.41) is 3.32. The van der Waals surface area contributed by atoms with E-state index in [2.05, 4.69) is 33.2 Å². The predicted octanol–water partition coefficient (Wildman–Crippen LogP) is 4.37. The van der Waals surface area contributed by atoms with Crippen LogP contribution >= 0.6 is 0 Å². The molecule has 1 saturated heterocycles. The first-order chi connectivity index (χ1) is 19.4. The number of likely N-dealkylation sites (N-methyl/N-ethyl adjacent to an activating group) is 1. The van der Waals surface area contributed by atoms with Crippen LogP contribution in [0, 0.1) is 13.8 Å². The van der Waals surface area contributed by atoms with E-state index in [1.54, 1.807) is 16.0 Å². The molecule has 0 spiro atoms. The Kier molecular flexibility index (Phi) is 7.02. The number of nitrogens with one attached hydrogen (secondary N) is 1. The Morgan fingerprint density at radius 3 is 2.48 bits per heavy atom. The molecule has 1 aromatic heterocycles. The van der Waals surface area contributed by atoms with Crippen LogP contribution in [0.15, 0.2) is 42.6 Å². The van der Waals surface area contributed by atoms with Gasteiger partial charge in [0.05, 0.1) is 12.2 Å². The summed E-state index contributed by atoms with van der Waals surface area (Å²) in [7, 11) is 2.13. The molecule has 4 bridgehead atoms. The molecule has 2 aromatic carbocycles. The normalized spacial score (nSPS) is 18.2. The molecule has 3 aromatic rings. The lowest BCUT2D eigenvalue weighted by Crippen LogP contribution is -2.49. The van der Waals surface area contributed by atoms with Crippen LogP contribution in [0.5, 0.6) is 0 Å². The van der Waals surface area contributed by atoms with Crippen molar-refractivity contribution in [3.63, 3.8) is 0 Å². The van der Waals surface area contributed by atoms with Crippen molar-refractivity contribution in [2.75, 3.05) is 59.8 Å². The van der Waals surface area contributed by atoms with Crippen molar-refractivity contribution >= 4 is 40.8 Å². The van der Waals surface area contributed by atoms with Gasteiger partial charge in [0.25, 0.3) is 0 Å². The molecular formula is C30H35N7O3. The maximum atomic E-state index is 13.9. The van der Waals surface area contributed by atoms with Crippen LogP contribution in [-0.4, -0.2) is 66.6 Å². The third-order valence-corrected chi connectivity index (χ3v) is 7.93. The molecule has 0 saturated carbocycles. The second-order valence-corrected chi connectivity index (χ2v) is 10.8. The number of aromatic nitrogens is 2. The van der Waals surface area contributed by atoms with Gasteiger partial charge in [0.2, 0.25) is 5.95 Å². The van der Waals surface area contributed by atoms with Gasteiger partial charge in [-0.3, -0.25) is 14.6 Å². The van der Waals surface area contributed by atoms with Crippen LogP contribution in [0.25, 0.3) is 0 Å². The average molecular weight is 542 g/mol. The molecule has 1 fully saturated rings. The van der Waals surface area contributed by atoms with Crippen LogP contribution in [-0.2, 0) is 22.7 Å². The first-order valence-electron chi connectivity index (χ1n) is 13.9. The zero-order valence-electron chi connectivity index (χ0n) is 23.3. The number of esters is 1. The predicted molar refractivity (Wildman–Crippen MR) is 155 cm³/mol. The number of anilines is 5. The number of aryl methyl sites for hydroxylation is 2. The zero-order valence-corrected chi connectivity index (χ0v) is 23.3. The molecule has 0 aliphatic carbocycles. The van der Waals surface area contributed by atoms with Crippen molar-refractivity contribution in [1.82, 2.24) is 14.9 Å². The number of ether oxygens (including phenoxy) is 1. The summed E-state index contributed by atoms with van der Waals surface area (Å²) >= 11 is 0. The monoisotopic (exact) mass is 541 g/mol. The third kappa shape index (κ3) is 5.06. The average Bonchev–Trinajstić information content (AvgIpc) is 2.94. The largest absolute Gasteiger partial charge is 0.461 e. The molecular weight excluding hydrogens is 506 g/mol. The Morgan fingerprint density at radius 1 is 0.925 bits per heavy atom. The lowest BCUT2D eigenvalue weighted by molar-refractivity contribution is -0.145. The van der Waals surface area contributed by atoms with Gasteiger partial charge in [0.15, 0.2) is 0 Å². The molecule has 2 amide bonds. The molecule has 3 aliphatic rings. The number of carbonyl (C=O) groups excluding carboxylic acids is 2. The highest BCUT2D eigenvalue weighted by molar-refractivity contribution is 6.06. The van der Waals surface area contributed by atoms with Crippen molar-refractivity contribution < 1.29 is 14.3 Å². The number of fused-ring (bicyclic) bond motifs is 3. The summed E-state index contributed by atoms with van der Waals surface area (Å²) in [6.45, 7) is 8.73. The number of piperazine rings is 1. The fraction of sp³-hybridized carbons (Fsp3) is 0.400. The Labute approximate surface area is 234 Å². The minimum atomic E-state index is -0.278. The van der Waals surface area contributed by atoms with E-state index >= 15 is 0 Å². The first-order valence-corrected chi connectivity index (χ1v) is 13.9. The number of cyclic esters (lactones) is 1. The van der Waals surface area contributed by atoms with Gasteiger partial charge in [-0.15, -0.1) is 0 Å². The van der Waals surface area contributed by atoms with E-state index in [1.807, 2.05) is 44.2 Å². The van der Waals surface area contributed by atoms with Crippen molar-refractivity contribution in [2.24, 2.45) is 0 Å². The number of rotatable bonds is 2. The zero-order chi connectivity index (χ0) is 27.8. The molecule has 10 heteroatoms. The molecule has 208 valence electrons. The first kappa shape index (κ1) is 26.1. The second kappa shape index (κ2) is 10.8. The SMILES string of the molecule is Cc1cccc(C)c1N1Cc2cnc3nc2N(CCCC(=O)OCc2cc(ccc2N2CCN(C)CC2)N3)C1=O. The summed E-state index contributed by atoms with van der Waals surface area (Å²) < 4.78 is 5.74. The maximum Gasteiger partial charge on any atom is 0.330 e. The van der Waals surface area contributed by atoms with E-state index in [0.717, 1.165) is 65.5 Å².